The van der Waals surface area contributed by atoms with Gasteiger partial charge >= 0.3 is 35.7 Å². The van der Waals surface area contributed by atoms with Crippen molar-refractivity contribution in [3.05, 3.63) is 0 Å². The third-order valence-electron chi connectivity index (χ3n) is 2.19. The molecular formula is C10H20NNaO2. The molecule has 0 aromatic carbocycles. The van der Waals surface area contributed by atoms with E-state index in [1.165, 1.54) is 0 Å². The summed E-state index contributed by atoms with van der Waals surface area (Å²) in [5.41, 5.74) is -0.367. The molecule has 14 heavy (non-hydrogen) atoms. The van der Waals surface area contributed by atoms with Gasteiger partial charge in [-0.15, -0.1) is 0 Å². The Morgan fingerprint density at radius 3 is 2.29 bits per heavy atom. The summed E-state index contributed by atoms with van der Waals surface area (Å²) in [6.07, 6.45) is 0.983. The normalized spacial score (nSPS) is 17.0. The van der Waals surface area contributed by atoms with Crippen LogP contribution in [0.4, 0.5) is 4.79 Å². The van der Waals surface area contributed by atoms with E-state index in [1.807, 2.05) is 20.8 Å². The molecule has 1 amide bonds. The fraction of sp³-hybridized carbons (Fsp3) is 0.900. The maximum atomic E-state index is 11.4. The monoisotopic (exact) mass is 209 g/mol. The molecule has 4 heteroatoms. The van der Waals surface area contributed by atoms with Crippen LogP contribution in [0.1, 0.15) is 34.1 Å². The van der Waals surface area contributed by atoms with Crippen LogP contribution >= 0.6 is 0 Å². The molecule has 1 saturated heterocycles. The number of carbonyl (C=O) groups excluding carboxylic acids is 1. The van der Waals surface area contributed by atoms with Crippen molar-refractivity contribution in [2.75, 3.05) is 13.1 Å². The van der Waals surface area contributed by atoms with Crippen LogP contribution in [-0.4, -0.2) is 59.2 Å². The molecule has 0 aromatic rings. The van der Waals surface area contributed by atoms with Gasteiger partial charge in [-0.05, 0) is 33.1 Å². The first-order valence-corrected chi connectivity index (χ1v) is 4.90. The Labute approximate surface area is 108 Å². The average molecular weight is 209 g/mol. The zero-order chi connectivity index (χ0) is 10.1. The molecule has 3 nitrogen and oxygen atoms in total. The van der Waals surface area contributed by atoms with Crippen molar-refractivity contribution in [2.45, 2.75) is 39.7 Å². The topological polar surface area (TPSA) is 29.5 Å². The van der Waals surface area contributed by atoms with Gasteiger partial charge in [0.15, 0.2) is 0 Å². The van der Waals surface area contributed by atoms with Crippen molar-refractivity contribution in [1.29, 1.82) is 0 Å². The number of amides is 1. The molecule has 0 N–H and O–H groups in total. The van der Waals surface area contributed by atoms with E-state index in [4.69, 9.17) is 4.74 Å². The molecule has 0 atom stereocenters. The van der Waals surface area contributed by atoms with Gasteiger partial charge in [0.2, 0.25) is 0 Å². The average Bonchev–Trinajstić information content (AvgIpc) is 1.79. The van der Waals surface area contributed by atoms with Crippen LogP contribution in [-0.2, 0) is 4.74 Å². The zero-order valence-electron chi connectivity index (χ0n) is 8.96. The summed E-state index contributed by atoms with van der Waals surface area (Å²) in [5, 5.41) is 0. The summed E-state index contributed by atoms with van der Waals surface area (Å²) in [6.45, 7) is 9.56. The molecule has 0 aromatic heterocycles. The molecule has 78 valence electrons. The van der Waals surface area contributed by atoms with E-state index in [0.29, 0.717) is 5.92 Å². The molecule has 0 radical (unpaired) electrons. The number of ether oxygens (including phenoxy) is 1. The van der Waals surface area contributed by atoms with Crippen molar-refractivity contribution in [2.24, 2.45) is 5.92 Å². The Morgan fingerprint density at radius 2 is 1.93 bits per heavy atom. The first kappa shape index (κ1) is 14.3. The maximum absolute atomic E-state index is 11.4. The molecule has 1 aliphatic heterocycles. The van der Waals surface area contributed by atoms with Crippen LogP contribution in [0.2, 0.25) is 0 Å². The summed E-state index contributed by atoms with van der Waals surface area (Å²) in [4.78, 5) is 13.2. The molecule has 1 heterocycles. The second-order valence-electron chi connectivity index (χ2n) is 4.66. The zero-order valence-corrected chi connectivity index (χ0v) is 8.96. The van der Waals surface area contributed by atoms with Gasteiger partial charge in [0.25, 0.3) is 0 Å². The molecule has 1 rings (SSSR count). The summed E-state index contributed by atoms with van der Waals surface area (Å²) in [7, 11) is 0. The van der Waals surface area contributed by atoms with Gasteiger partial charge in [0.05, 0.1) is 0 Å². The van der Waals surface area contributed by atoms with E-state index in [1.54, 1.807) is 4.90 Å². The van der Waals surface area contributed by atoms with E-state index in [-0.39, 0.29) is 41.3 Å². The second-order valence-corrected chi connectivity index (χ2v) is 4.66. The van der Waals surface area contributed by atoms with Crippen LogP contribution in [0.15, 0.2) is 0 Å². The summed E-state index contributed by atoms with van der Waals surface area (Å²) >= 11 is 0. The number of nitrogens with zero attached hydrogens (tertiary/aromatic N) is 1. The molecule has 1 aliphatic rings. The van der Waals surface area contributed by atoms with Gasteiger partial charge in [0, 0.05) is 13.1 Å². The van der Waals surface area contributed by atoms with Crippen LogP contribution in [0.5, 0.6) is 0 Å². The second kappa shape index (κ2) is 5.38. The Morgan fingerprint density at radius 1 is 1.43 bits per heavy atom. The fourth-order valence-electron chi connectivity index (χ4n) is 1.30. The summed E-state index contributed by atoms with van der Waals surface area (Å²) in [5.74, 6) is 0.688. The number of hydrogen-bond donors (Lipinski definition) is 0. The third kappa shape index (κ3) is 4.20. The molecule has 1 fully saturated rings. The predicted octanol–water partition coefficient (Wildman–Crippen LogP) is 1.61. The predicted molar refractivity (Wildman–Crippen MR) is 58.7 cm³/mol. The van der Waals surface area contributed by atoms with E-state index in [9.17, 15) is 4.79 Å². The number of carbonyl (C=O) groups is 1. The molecule has 0 unspecified atom stereocenters. The minimum atomic E-state index is -0.367. The molecule has 0 saturated carbocycles. The van der Waals surface area contributed by atoms with Crippen molar-refractivity contribution >= 4 is 35.7 Å². The molecule has 0 spiro atoms. The van der Waals surface area contributed by atoms with Gasteiger partial charge in [0.1, 0.15) is 5.60 Å². The van der Waals surface area contributed by atoms with Crippen molar-refractivity contribution in [1.82, 2.24) is 4.90 Å². The first-order valence-electron chi connectivity index (χ1n) is 4.90. The van der Waals surface area contributed by atoms with Gasteiger partial charge in [-0.1, -0.05) is 6.92 Å². The minimum absolute atomic E-state index is 0. The quantitative estimate of drug-likeness (QED) is 0.614. The third-order valence-corrected chi connectivity index (χ3v) is 2.19. The van der Waals surface area contributed by atoms with E-state index in [2.05, 4.69) is 6.92 Å². The summed E-state index contributed by atoms with van der Waals surface area (Å²) in [6, 6.07) is 0. The Bertz CT molecular complexity index is 195. The van der Waals surface area contributed by atoms with E-state index < -0.39 is 0 Å². The summed E-state index contributed by atoms with van der Waals surface area (Å²) < 4.78 is 5.22. The Hall–Kier alpha value is 0.270. The molecule has 0 bridgehead atoms. The van der Waals surface area contributed by atoms with Gasteiger partial charge < -0.3 is 9.64 Å². The SMILES string of the molecule is CCC1CN(C(=O)OC(C)(C)C)C1.[NaH]. The standard InChI is InChI=1S/C10H19NO2.Na.H/c1-5-8-6-11(7-8)9(12)13-10(2,3)4;;/h8H,5-7H2,1-4H3;;. The van der Waals surface area contributed by atoms with Gasteiger partial charge in [-0.25, -0.2) is 4.79 Å². The number of rotatable bonds is 1. The number of likely N-dealkylation sites (tertiary alicyclic amines) is 1. The molecular weight excluding hydrogens is 189 g/mol. The van der Waals surface area contributed by atoms with Crippen LogP contribution < -0.4 is 0 Å². The van der Waals surface area contributed by atoms with Crippen molar-refractivity contribution in [3.63, 3.8) is 0 Å². The van der Waals surface area contributed by atoms with Crippen LogP contribution in [0, 0.1) is 5.92 Å². The number of hydrogen-bond acceptors (Lipinski definition) is 2. The van der Waals surface area contributed by atoms with Crippen molar-refractivity contribution in [3.8, 4) is 0 Å². The van der Waals surface area contributed by atoms with E-state index >= 15 is 0 Å². The van der Waals surface area contributed by atoms with Crippen LogP contribution in [0.25, 0.3) is 0 Å². The van der Waals surface area contributed by atoms with Gasteiger partial charge in [-0.3, -0.25) is 0 Å². The fourth-order valence-corrected chi connectivity index (χ4v) is 1.30. The molecule has 0 aliphatic carbocycles. The van der Waals surface area contributed by atoms with Crippen LogP contribution in [0.3, 0.4) is 0 Å². The first-order chi connectivity index (χ1) is 5.92. The Kier molecular flexibility index (Phi) is 5.48. The van der Waals surface area contributed by atoms with Gasteiger partial charge in [-0.2, -0.15) is 0 Å². The van der Waals surface area contributed by atoms with Crippen molar-refractivity contribution < 1.29 is 9.53 Å². The van der Waals surface area contributed by atoms with E-state index in [0.717, 1.165) is 19.5 Å². The Balaban J connectivity index is 0.00000169.